The molecule has 0 aliphatic carbocycles. The molecule has 0 spiro atoms. The number of benzene rings is 1. The Hall–Kier alpha value is -0.490. The molecule has 1 aromatic carbocycles. The Morgan fingerprint density at radius 3 is 2.53 bits per heavy atom. The molecule has 0 radical (unpaired) electrons. The average Bonchev–Trinajstić information content (AvgIpc) is 2.27. The van der Waals surface area contributed by atoms with Crippen LogP contribution in [0, 0.1) is 0 Å². The lowest BCUT2D eigenvalue weighted by Gasteiger charge is -2.14. The monoisotopic (exact) mass is 326 g/mol. The van der Waals surface area contributed by atoms with Crippen LogP contribution in [0.25, 0.3) is 0 Å². The van der Waals surface area contributed by atoms with Crippen LogP contribution in [-0.4, -0.2) is 17.4 Å². The van der Waals surface area contributed by atoms with E-state index in [4.69, 9.17) is 0 Å². The third-order valence-corrected chi connectivity index (χ3v) is 3.66. The second-order valence-electron chi connectivity index (χ2n) is 3.34. The highest BCUT2D eigenvalue weighted by molar-refractivity contribution is 9.09. The third kappa shape index (κ3) is 3.74. The van der Waals surface area contributed by atoms with Crippen LogP contribution in [0.2, 0.25) is 0 Å². The number of hydrogen-bond acceptors (Lipinski definition) is 2. The Bertz CT molecular complexity index is 418. The van der Waals surface area contributed by atoms with Gasteiger partial charge in [0.1, 0.15) is 5.78 Å². The first-order valence-electron chi connectivity index (χ1n) is 4.71. The van der Waals surface area contributed by atoms with Crippen molar-refractivity contribution in [3.8, 4) is 0 Å². The fourth-order valence-corrected chi connectivity index (χ4v) is 2.45. The quantitative estimate of drug-likeness (QED) is 0.616. The first-order chi connectivity index (χ1) is 7.90. The maximum atomic E-state index is 12.7. The van der Waals surface area contributed by atoms with E-state index in [1.807, 2.05) is 0 Å². The predicted molar refractivity (Wildman–Crippen MR) is 65.7 cm³/mol. The molecular weight excluding hydrogens is 317 g/mol. The van der Waals surface area contributed by atoms with Crippen LogP contribution in [-0.2, 0) is 17.4 Å². The molecule has 0 N–H and O–H groups in total. The fraction of sp³-hybridized carbons (Fsp3) is 0.364. The Morgan fingerprint density at radius 2 is 2.06 bits per heavy atom. The normalized spacial score (nSPS) is 11.6. The van der Waals surface area contributed by atoms with Crippen molar-refractivity contribution in [2.75, 3.05) is 11.6 Å². The third-order valence-electron chi connectivity index (χ3n) is 2.14. The van der Waals surface area contributed by atoms with Crippen LogP contribution in [0.1, 0.15) is 11.1 Å². The minimum atomic E-state index is -4.38. The van der Waals surface area contributed by atoms with Crippen molar-refractivity contribution in [1.82, 2.24) is 0 Å². The van der Waals surface area contributed by atoms with Crippen molar-refractivity contribution in [2.45, 2.75) is 17.5 Å². The van der Waals surface area contributed by atoms with E-state index < -0.39 is 11.7 Å². The molecule has 0 aliphatic heterocycles. The molecule has 0 heterocycles. The van der Waals surface area contributed by atoms with Crippen molar-refractivity contribution < 1.29 is 18.0 Å². The fourth-order valence-electron chi connectivity index (χ4n) is 1.45. The van der Waals surface area contributed by atoms with Gasteiger partial charge >= 0.3 is 6.18 Å². The van der Waals surface area contributed by atoms with Crippen LogP contribution in [0.15, 0.2) is 23.1 Å². The van der Waals surface area contributed by atoms with Crippen LogP contribution in [0.5, 0.6) is 0 Å². The summed E-state index contributed by atoms with van der Waals surface area (Å²) in [4.78, 5) is 11.4. The number of halogens is 4. The number of Topliss-reactive ketones (excluding diaryl/α,β-unsaturated/α-hetero) is 1. The van der Waals surface area contributed by atoms with Gasteiger partial charge in [0.05, 0.1) is 10.9 Å². The lowest BCUT2D eigenvalue weighted by atomic mass is 10.1. The van der Waals surface area contributed by atoms with Gasteiger partial charge in [-0.05, 0) is 17.9 Å². The van der Waals surface area contributed by atoms with E-state index in [1.165, 1.54) is 6.07 Å². The average molecular weight is 327 g/mol. The van der Waals surface area contributed by atoms with Gasteiger partial charge in [0, 0.05) is 11.3 Å². The van der Waals surface area contributed by atoms with Crippen LogP contribution >= 0.6 is 27.7 Å². The molecule has 0 bridgehead atoms. The molecule has 1 aromatic rings. The summed E-state index contributed by atoms with van der Waals surface area (Å²) in [6.45, 7) is 0. The van der Waals surface area contributed by atoms with Crippen molar-refractivity contribution >= 4 is 33.5 Å². The first kappa shape index (κ1) is 14.6. The lowest BCUT2D eigenvalue weighted by Crippen LogP contribution is -2.11. The van der Waals surface area contributed by atoms with Crippen molar-refractivity contribution in [1.29, 1.82) is 0 Å². The number of hydrogen-bond donors (Lipinski definition) is 0. The molecule has 0 aliphatic rings. The number of thioether (sulfide) groups is 1. The topological polar surface area (TPSA) is 17.1 Å². The lowest BCUT2D eigenvalue weighted by molar-refractivity contribution is -0.139. The van der Waals surface area contributed by atoms with E-state index in [0.717, 1.165) is 17.8 Å². The van der Waals surface area contributed by atoms with Crippen molar-refractivity contribution in [3.05, 3.63) is 29.3 Å². The van der Waals surface area contributed by atoms with E-state index in [2.05, 4.69) is 15.9 Å². The largest absolute Gasteiger partial charge is 0.417 e. The highest BCUT2D eigenvalue weighted by Crippen LogP contribution is 2.37. The Morgan fingerprint density at radius 1 is 1.41 bits per heavy atom. The molecule has 17 heavy (non-hydrogen) atoms. The number of ketones is 1. The molecule has 0 saturated carbocycles. The SMILES string of the molecule is CSc1c(CC(=O)CBr)cccc1C(F)(F)F. The minimum Gasteiger partial charge on any atom is -0.298 e. The van der Waals surface area contributed by atoms with Gasteiger partial charge in [0.15, 0.2) is 0 Å². The molecule has 0 fully saturated rings. The molecule has 1 nitrogen and oxygen atoms in total. The maximum absolute atomic E-state index is 12.7. The molecule has 0 aromatic heterocycles. The van der Waals surface area contributed by atoms with Gasteiger partial charge in [-0.1, -0.05) is 28.1 Å². The molecule has 0 amide bonds. The number of rotatable bonds is 4. The van der Waals surface area contributed by atoms with E-state index in [0.29, 0.717) is 5.56 Å². The zero-order valence-electron chi connectivity index (χ0n) is 8.97. The van der Waals surface area contributed by atoms with E-state index in [-0.39, 0.29) is 22.4 Å². The predicted octanol–water partition coefficient (Wildman–Crippen LogP) is 3.93. The number of alkyl halides is 4. The van der Waals surface area contributed by atoms with Gasteiger partial charge < -0.3 is 0 Å². The van der Waals surface area contributed by atoms with Crippen LogP contribution < -0.4 is 0 Å². The van der Waals surface area contributed by atoms with Crippen LogP contribution in [0.4, 0.5) is 13.2 Å². The zero-order chi connectivity index (χ0) is 13.1. The smallest absolute Gasteiger partial charge is 0.298 e. The Balaban J connectivity index is 3.19. The van der Waals surface area contributed by atoms with E-state index in [9.17, 15) is 18.0 Å². The Labute approximate surface area is 110 Å². The van der Waals surface area contributed by atoms with Gasteiger partial charge in [-0.3, -0.25) is 4.79 Å². The maximum Gasteiger partial charge on any atom is 0.417 e. The van der Waals surface area contributed by atoms with Gasteiger partial charge in [-0.2, -0.15) is 13.2 Å². The molecule has 1 rings (SSSR count). The van der Waals surface area contributed by atoms with Gasteiger partial charge in [-0.25, -0.2) is 0 Å². The minimum absolute atomic E-state index is 0.0192. The van der Waals surface area contributed by atoms with Crippen LogP contribution in [0.3, 0.4) is 0 Å². The number of carbonyl (C=O) groups is 1. The van der Waals surface area contributed by atoms with E-state index >= 15 is 0 Å². The second-order valence-corrected chi connectivity index (χ2v) is 4.72. The zero-order valence-corrected chi connectivity index (χ0v) is 11.4. The standard InChI is InChI=1S/C11H10BrF3OS/c1-17-10-7(5-8(16)6-12)3-2-4-9(10)11(13,14)15/h2-4H,5-6H2,1H3. The summed E-state index contributed by atoms with van der Waals surface area (Å²) in [5.74, 6) is -0.139. The van der Waals surface area contributed by atoms with Gasteiger partial charge in [0.25, 0.3) is 0 Å². The van der Waals surface area contributed by atoms with Gasteiger partial charge in [0.2, 0.25) is 0 Å². The number of carbonyl (C=O) groups excluding carboxylic acids is 1. The summed E-state index contributed by atoms with van der Waals surface area (Å²) in [5, 5.41) is 0.150. The summed E-state index contributed by atoms with van der Waals surface area (Å²) < 4.78 is 38.2. The molecule has 0 atom stereocenters. The molecule has 0 unspecified atom stereocenters. The highest BCUT2D eigenvalue weighted by Gasteiger charge is 2.34. The van der Waals surface area contributed by atoms with E-state index in [1.54, 1.807) is 12.3 Å². The summed E-state index contributed by atoms with van der Waals surface area (Å²) >= 11 is 4.01. The highest BCUT2D eigenvalue weighted by atomic mass is 79.9. The first-order valence-corrected chi connectivity index (χ1v) is 7.05. The Kier molecular flexibility index (Phi) is 5.06. The van der Waals surface area contributed by atoms with Crippen molar-refractivity contribution in [2.24, 2.45) is 0 Å². The second kappa shape index (κ2) is 5.91. The summed E-state index contributed by atoms with van der Waals surface area (Å²) in [7, 11) is 0. The molecule has 0 saturated heterocycles. The summed E-state index contributed by atoms with van der Waals surface area (Å²) in [5.41, 5.74) is -0.248. The molecular formula is C11H10BrF3OS. The van der Waals surface area contributed by atoms with Crippen molar-refractivity contribution in [3.63, 3.8) is 0 Å². The summed E-state index contributed by atoms with van der Waals surface area (Å²) in [6, 6.07) is 3.93. The molecule has 94 valence electrons. The summed E-state index contributed by atoms with van der Waals surface area (Å²) in [6.07, 6.45) is -2.79. The van der Waals surface area contributed by atoms with Gasteiger partial charge in [-0.15, -0.1) is 11.8 Å². The molecule has 6 heteroatoms.